The molecule has 0 aliphatic rings. The Morgan fingerprint density at radius 1 is 1.30 bits per heavy atom. The van der Waals surface area contributed by atoms with E-state index in [0.717, 1.165) is 22.9 Å². The van der Waals surface area contributed by atoms with Crippen molar-refractivity contribution in [1.29, 1.82) is 0 Å². The minimum absolute atomic E-state index is 0.0112. The molecule has 0 aliphatic carbocycles. The summed E-state index contributed by atoms with van der Waals surface area (Å²) >= 11 is 0. The summed E-state index contributed by atoms with van der Waals surface area (Å²) in [7, 11) is -2.04. The molecule has 2 rings (SSSR count). The molecule has 5 nitrogen and oxygen atoms in total. The maximum atomic E-state index is 13.8. The summed E-state index contributed by atoms with van der Waals surface area (Å²) < 4.78 is 69.5. The third-order valence-corrected chi connectivity index (χ3v) is 3.46. The van der Waals surface area contributed by atoms with E-state index in [-0.39, 0.29) is 16.5 Å². The Hall–Kier alpha value is -1.94. The number of hydrogen-bond donors (Lipinski definition) is 1. The van der Waals surface area contributed by atoms with Crippen LogP contribution in [0.2, 0.25) is 0 Å². The average molecular weight is 351 g/mol. The number of aromatic nitrogens is 2. The lowest BCUT2D eigenvalue weighted by Gasteiger charge is -2.12. The summed E-state index contributed by atoms with van der Waals surface area (Å²) in [4.78, 5) is -0.261. The van der Waals surface area contributed by atoms with Gasteiger partial charge in [-0.2, -0.15) is 18.3 Å². The van der Waals surface area contributed by atoms with Crippen LogP contribution in [-0.4, -0.2) is 20.1 Å². The SMILES string of the molecule is CC(C)Oc1cc(C(F)(F)F)nn1-c1ccc(S(N)=O)c(F)c1. The summed E-state index contributed by atoms with van der Waals surface area (Å²) in [6.45, 7) is 3.26. The van der Waals surface area contributed by atoms with Gasteiger partial charge in [0.15, 0.2) is 5.69 Å². The van der Waals surface area contributed by atoms with Gasteiger partial charge in [0.05, 0.1) is 16.7 Å². The topological polar surface area (TPSA) is 70.1 Å². The molecule has 0 saturated carbocycles. The lowest BCUT2D eigenvalue weighted by atomic mass is 10.3. The van der Waals surface area contributed by atoms with Gasteiger partial charge in [-0.3, -0.25) is 0 Å². The second kappa shape index (κ2) is 6.28. The van der Waals surface area contributed by atoms with E-state index >= 15 is 0 Å². The first-order chi connectivity index (χ1) is 10.6. The van der Waals surface area contributed by atoms with Gasteiger partial charge < -0.3 is 4.74 Å². The van der Waals surface area contributed by atoms with Gasteiger partial charge in [-0.25, -0.2) is 18.4 Å². The minimum Gasteiger partial charge on any atom is -0.475 e. The van der Waals surface area contributed by atoms with Crippen molar-refractivity contribution in [3.8, 4) is 11.6 Å². The second-order valence-electron chi connectivity index (χ2n) is 4.86. The fourth-order valence-electron chi connectivity index (χ4n) is 1.80. The lowest BCUT2D eigenvalue weighted by Crippen LogP contribution is -2.11. The smallest absolute Gasteiger partial charge is 0.435 e. The number of alkyl halides is 3. The van der Waals surface area contributed by atoms with E-state index in [2.05, 4.69) is 5.10 Å². The minimum atomic E-state index is -4.67. The number of halogens is 4. The molecule has 10 heteroatoms. The van der Waals surface area contributed by atoms with Crippen LogP contribution < -0.4 is 9.88 Å². The van der Waals surface area contributed by atoms with E-state index in [1.54, 1.807) is 13.8 Å². The molecule has 1 unspecified atom stereocenters. The average Bonchev–Trinajstić information content (AvgIpc) is 2.81. The molecule has 0 bridgehead atoms. The molecular formula is C13H13F4N3O2S. The third kappa shape index (κ3) is 3.88. The van der Waals surface area contributed by atoms with Crippen molar-refractivity contribution in [3.05, 3.63) is 35.8 Å². The van der Waals surface area contributed by atoms with E-state index in [1.165, 1.54) is 6.07 Å². The Bertz CT molecular complexity index is 743. The van der Waals surface area contributed by atoms with Gasteiger partial charge in [0, 0.05) is 12.1 Å². The van der Waals surface area contributed by atoms with E-state index < -0.39 is 34.8 Å². The van der Waals surface area contributed by atoms with Crippen molar-refractivity contribution in [1.82, 2.24) is 9.78 Å². The van der Waals surface area contributed by atoms with Crippen LogP contribution in [0.25, 0.3) is 5.69 Å². The van der Waals surface area contributed by atoms with Crippen molar-refractivity contribution in [2.24, 2.45) is 5.14 Å². The van der Waals surface area contributed by atoms with Crippen LogP contribution in [0.15, 0.2) is 29.2 Å². The molecule has 0 amide bonds. The molecule has 126 valence electrons. The zero-order chi connectivity index (χ0) is 17.4. The number of nitrogens with two attached hydrogens (primary N) is 1. The molecule has 2 N–H and O–H groups in total. The zero-order valence-corrected chi connectivity index (χ0v) is 12.9. The van der Waals surface area contributed by atoms with Gasteiger partial charge >= 0.3 is 6.18 Å². The summed E-state index contributed by atoms with van der Waals surface area (Å²) in [5.74, 6) is -1.10. The quantitative estimate of drug-likeness (QED) is 0.861. The molecule has 1 heterocycles. The van der Waals surface area contributed by atoms with Crippen LogP contribution in [0.4, 0.5) is 17.6 Å². The Morgan fingerprint density at radius 2 is 1.96 bits per heavy atom. The van der Waals surface area contributed by atoms with Crippen LogP contribution in [0.5, 0.6) is 5.88 Å². The maximum absolute atomic E-state index is 13.8. The molecule has 1 atom stereocenters. The van der Waals surface area contributed by atoms with Crippen LogP contribution >= 0.6 is 0 Å². The second-order valence-corrected chi connectivity index (χ2v) is 5.89. The number of ether oxygens (including phenoxy) is 1. The van der Waals surface area contributed by atoms with Gasteiger partial charge in [-0.05, 0) is 26.0 Å². The highest BCUT2D eigenvalue weighted by Crippen LogP contribution is 2.32. The summed E-state index contributed by atoms with van der Waals surface area (Å²) in [5.41, 5.74) is -1.18. The van der Waals surface area contributed by atoms with Crippen molar-refractivity contribution >= 4 is 11.0 Å². The van der Waals surface area contributed by atoms with Crippen LogP contribution in [-0.2, 0) is 17.2 Å². The zero-order valence-electron chi connectivity index (χ0n) is 12.1. The van der Waals surface area contributed by atoms with E-state index in [4.69, 9.17) is 9.88 Å². The van der Waals surface area contributed by atoms with Gasteiger partial charge in [-0.15, -0.1) is 0 Å². The molecule has 0 fully saturated rings. The summed E-state index contributed by atoms with van der Waals surface area (Å²) in [5, 5.41) is 8.51. The Kier molecular flexibility index (Phi) is 4.76. The molecule has 2 aromatic rings. The monoisotopic (exact) mass is 351 g/mol. The van der Waals surface area contributed by atoms with Gasteiger partial charge in [0.25, 0.3) is 0 Å². The lowest BCUT2D eigenvalue weighted by molar-refractivity contribution is -0.141. The van der Waals surface area contributed by atoms with Crippen molar-refractivity contribution in [2.75, 3.05) is 0 Å². The third-order valence-electron chi connectivity index (χ3n) is 2.70. The highest BCUT2D eigenvalue weighted by molar-refractivity contribution is 7.82. The Morgan fingerprint density at radius 3 is 2.43 bits per heavy atom. The Balaban J connectivity index is 2.55. The predicted molar refractivity (Wildman–Crippen MR) is 74.9 cm³/mol. The van der Waals surface area contributed by atoms with Crippen molar-refractivity contribution in [3.63, 3.8) is 0 Å². The van der Waals surface area contributed by atoms with E-state index in [9.17, 15) is 21.8 Å². The normalized spacial score (nSPS) is 13.4. The predicted octanol–water partition coefficient (Wildman–Crippen LogP) is 2.80. The number of benzene rings is 1. The first-order valence-electron chi connectivity index (χ1n) is 6.39. The fraction of sp³-hybridized carbons (Fsp3) is 0.308. The maximum Gasteiger partial charge on any atom is 0.435 e. The van der Waals surface area contributed by atoms with Crippen LogP contribution in [0.3, 0.4) is 0 Å². The molecule has 23 heavy (non-hydrogen) atoms. The van der Waals surface area contributed by atoms with Crippen LogP contribution in [0.1, 0.15) is 19.5 Å². The Labute approximate surface area is 131 Å². The first kappa shape index (κ1) is 17.4. The molecule has 0 spiro atoms. The van der Waals surface area contributed by atoms with E-state index in [0.29, 0.717) is 0 Å². The number of rotatable bonds is 4. The standard InChI is InChI=1S/C13H13F4N3O2S/c1-7(2)22-12-6-11(13(15,16)17)19-20(12)8-3-4-10(23(18)21)9(14)5-8/h3-7H,18H2,1-2H3. The van der Waals surface area contributed by atoms with Gasteiger partial charge in [0.1, 0.15) is 16.8 Å². The highest BCUT2D eigenvalue weighted by Gasteiger charge is 2.35. The number of hydrogen-bond acceptors (Lipinski definition) is 3. The van der Waals surface area contributed by atoms with Crippen molar-refractivity contribution in [2.45, 2.75) is 31.0 Å². The van der Waals surface area contributed by atoms with Gasteiger partial charge in [-0.1, -0.05) is 0 Å². The largest absolute Gasteiger partial charge is 0.475 e. The summed E-state index contributed by atoms with van der Waals surface area (Å²) in [6.07, 6.45) is -5.08. The fourth-order valence-corrected chi connectivity index (χ4v) is 2.25. The van der Waals surface area contributed by atoms with E-state index in [1.807, 2.05) is 0 Å². The van der Waals surface area contributed by atoms with Crippen molar-refractivity contribution < 1.29 is 26.5 Å². The molecule has 0 aliphatic heterocycles. The summed E-state index contributed by atoms with van der Waals surface area (Å²) in [6, 6.07) is 3.99. The molecule has 0 radical (unpaired) electrons. The first-order valence-corrected chi connectivity index (χ1v) is 7.61. The molecule has 0 saturated heterocycles. The van der Waals surface area contributed by atoms with Crippen LogP contribution in [0, 0.1) is 5.82 Å². The molecule has 1 aromatic carbocycles. The molecule has 1 aromatic heterocycles. The van der Waals surface area contributed by atoms with Gasteiger partial charge in [0.2, 0.25) is 5.88 Å². The highest BCUT2D eigenvalue weighted by atomic mass is 32.2. The molecular weight excluding hydrogens is 338 g/mol. The number of nitrogens with zero attached hydrogens (tertiary/aromatic N) is 2.